The summed E-state index contributed by atoms with van der Waals surface area (Å²) in [5.74, 6) is 9.48. The Morgan fingerprint density at radius 1 is 0.742 bits per heavy atom. The molecule has 1 aliphatic rings. The summed E-state index contributed by atoms with van der Waals surface area (Å²) in [6.45, 7) is 5.34. The van der Waals surface area contributed by atoms with Gasteiger partial charge in [0, 0.05) is 11.5 Å². The number of benzene rings is 2. The molecule has 0 bridgehead atoms. The van der Waals surface area contributed by atoms with E-state index in [-0.39, 0.29) is 0 Å². The van der Waals surface area contributed by atoms with Gasteiger partial charge in [0.2, 0.25) is 0 Å². The number of rotatable bonds is 10. The lowest BCUT2D eigenvalue weighted by atomic mass is 9.80. The highest BCUT2D eigenvalue weighted by atomic mass is 16.5. The van der Waals surface area contributed by atoms with Crippen LogP contribution >= 0.6 is 0 Å². The molecule has 31 heavy (non-hydrogen) atoms. The average Bonchev–Trinajstić information content (AvgIpc) is 2.83. The predicted molar refractivity (Wildman–Crippen MR) is 133 cm³/mol. The number of hydrogen-bond acceptors (Lipinski definition) is 1. The molecule has 0 heterocycles. The van der Waals surface area contributed by atoms with Crippen LogP contribution in [0.5, 0.6) is 5.75 Å². The highest BCUT2D eigenvalue weighted by molar-refractivity contribution is 5.65. The lowest BCUT2D eigenvalue weighted by Crippen LogP contribution is -2.13. The first-order valence-corrected chi connectivity index (χ1v) is 12.6. The summed E-state index contributed by atoms with van der Waals surface area (Å²) in [6.07, 6.45) is 14.4. The quantitative estimate of drug-likeness (QED) is 0.278. The van der Waals surface area contributed by atoms with Gasteiger partial charge in [-0.3, -0.25) is 0 Å². The van der Waals surface area contributed by atoms with Crippen LogP contribution in [0.4, 0.5) is 0 Å². The summed E-state index contributed by atoms with van der Waals surface area (Å²) in [4.78, 5) is 0. The van der Waals surface area contributed by atoms with Crippen LogP contribution in [-0.2, 0) is 0 Å². The molecule has 0 atom stereocenters. The number of hydrogen-bond donors (Lipinski definition) is 0. The normalized spacial score (nSPS) is 18.3. The molecule has 0 radical (unpaired) electrons. The van der Waals surface area contributed by atoms with E-state index in [1.807, 2.05) is 0 Å². The van der Waals surface area contributed by atoms with Crippen molar-refractivity contribution in [2.75, 3.05) is 6.61 Å². The third-order valence-electron chi connectivity index (χ3n) is 6.57. The van der Waals surface area contributed by atoms with Gasteiger partial charge < -0.3 is 4.74 Å². The van der Waals surface area contributed by atoms with E-state index in [0.29, 0.717) is 5.92 Å². The first-order valence-electron chi connectivity index (χ1n) is 12.6. The highest BCUT2D eigenvalue weighted by Gasteiger charge is 2.19. The van der Waals surface area contributed by atoms with E-state index < -0.39 is 0 Å². The van der Waals surface area contributed by atoms with Crippen LogP contribution in [0.1, 0.15) is 90.0 Å². The van der Waals surface area contributed by atoms with Crippen LogP contribution in [0.25, 0.3) is 11.1 Å². The summed E-state index contributed by atoms with van der Waals surface area (Å²) in [5.41, 5.74) is 3.59. The van der Waals surface area contributed by atoms with Gasteiger partial charge in [-0.1, -0.05) is 88.5 Å². The van der Waals surface area contributed by atoms with Crippen molar-refractivity contribution < 1.29 is 4.74 Å². The van der Waals surface area contributed by atoms with Crippen molar-refractivity contribution >= 4 is 0 Å². The molecular weight excluding hydrogens is 376 g/mol. The van der Waals surface area contributed by atoms with Gasteiger partial charge in [-0.05, 0) is 73.4 Å². The summed E-state index contributed by atoms with van der Waals surface area (Å²) in [6, 6.07) is 17.2. The van der Waals surface area contributed by atoms with Gasteiger partial charge in [0.1, 0.15) is 5.75 Å². The molecule has 2 aromatic rings. The standard InChI is InChI=1S/C30H40O/c1-3-5-7-8-24-31-30-22-20-29(21-23-30)28-18-16-27(17-19-28)15-14-26-12-10-25(11-13-26)9-6-4-2/h16-23,25-26H,3-13,24H2,1-2H3. The summed E-state index contributed by atoms with van der Waals surface area (Å²) < 4.78 is 5.86. The predicted octanol–water partition coefficient (Wildman–Crippen LogP) is 8.66. The van der Waals surface area contributed by atoms with Gasteiger partial charge in [0.05, 0.1) is 6.61 Å². The molecule has 0 aliphatic heterocycles. The van der Waals surface area contributed by atoms with E-state index in [4.69, 9.17) is 4.74 Å². The molecule has 1 fully saturated rings. The van der Waals surface area contributed by atoms with Crippen LogP contribution in [0.15, 0.2) is 48.5 Å². The third-order valence-corrected chi connectivity index (χ3v) is 6.57. The Kier molecular flexibility index (Phi) is 10.0. The first-order chi connectivity index (χ1) is 15.3. The monoisotopic (exact) mass is 416 g/mol. The molecule has 1 saturated carbocycles. The Morgan fingerprint density at radius 3 is 2.03 bits per heavy atom. The van der Waals surface area contributed by atoms with E-state index in [1.54, 1.807) is 0 Å². The van der Waals surface area contributed by atoms with Gasteiger partial charge >= 0.3 is 0 Å². The van der Waals surface area contributed by atoms with Crippen LogP contribution in [0.3, 0.4) is 0 Å². The van der Waals surface area contributed by atoms with Crippen LogP contribution in [-0.4, -0.2) is 6.61 Å². The second-order valence-electron chi connectivity index (χ2n) is 9.14. The molecule has 1 nitrogen and oxygen atoms in total. The van der Waals surface area contributed by atoms with Crippen molar-refractivity contribution in [3.8, 4) is 28.7 Å². The highest BCUT2D eigenvalue weighted by Crippen LogP contribution is 2.31. The van der Waals surface area contributed by atoms with Crippen molar-refractivity contribution in [3.63, 3.8) is 0 Å². The minimum atomic E-state index is 0.590. The minimum absolute atomic E-state index is 0.590. The Morgan fingerprint density at radius 2 is 1.39 bits per heavy atom. The Hall–Kier alpha value is -2.20. The zero-order chi connectivity index (χ0) is 21.7. The second kappa shape index (κ2) is 13.3. The summed E-state index contributed by atoms with van der Waals surface area (Å²) >= 11 is 0. The molecule has 0 N–H and O–H groups in total. The minimum Gasteiger partial charge on any atom is -0.494 e. The molecule has 3 rings (SSSR count). The zero-order valence-electron chi connectivity index (χ0n) is 19.7. The van der Waals surface area contributed by atoms with Gasteiger partial charge in [-0.2, -0.15) is 0 Å². The smallest absolute Gasteiger partial charge is 0.119 e. The SMILES string of the molecule is CCCCCCOc1ccc(-c2ccc(C#CC3CCC(CCCC)CC3)cc2)cc1. The van der Waals surface area contributed by atoms with Gasteiger partial charge in [-0.25, -0.2) is 0 Å². The molecule has 0 saturated heterocycles. The fourth-order valence-corrected chi connectivity index (χ4v) is 4.48. The molecule has 0 aromatic heterocycles. The molecule has 0 amide bonds. The molecule has 0 unspecified atom stereocenters. The van der Waals surface area contributed by atoms with Crippen molar-refractivity contribution in [1.29, 1.82) is 0 Å². The maximum absolute atomic E-state index is 5.86. The van der Waals surface area contributed by atoms with Gasteiger partial charge in [0.15, 0.2) is 0 Å². The van der Waals surface area contributed by atoms with Crippen LogP contribution < -0.4 is 4.74 Å². The van der Waals surface area contributed by atoms with Crippen molar-refractivity contribution in [2.45, 2.75) is 84.5 Å². The Labute approximate surface area is 190 Å². The molecular formula is C30H40O. The lowest BCUT2D eigenvalue weighted by Gasteiger charge is -2.25. The van der Waals surface area contributed by atoms with Gasteiger partial charge in [-0.15, -0.1) is 0 Å². The lowest BCUT2D eigenvalue weighted by molar-refractivity contribution is 0.296. The fourth-order valence-electron chi connectivity index (χ4n) is 4.48. The molecule has 1 heteroatoms. The number of unbranched alkanes of at least 4 members (excludes halogenated alkanes) is 4. The third kappa shape index (κ3) is 8.10. The first kappa shape index (κ1) is 23.5. The molecule has 2 aromatic carbocycles. The summed E-state index contributed by atoms with van der Waals surface area (Å²) in [5, 5.41) is 0. The molecule has 0 spiro atoms. The van der Waals surface area contributed by atoms with Gasteiger partial charge in [0.25, 0.3) is 0 Å². The van der Waals surface area contributed by atoms with E-state index in [2.05, 4.69) is 74.2 Å². The van der Waals surface area contributed by atoms with Crippen molar-refractivity contribution in [1.82, 2.24) is 0 Å². The largest absolute Gasteiger partial charge is 0.494 e. The molecule has 166 valence electrons. The van der Waals surface area contributed by atoms with Crippen LogP contribution in [0, 0.1) is 23.7 Å². The van der Waals surface area contributed by atoms with Crippen molar-refractivity contribution in [3.05, 3.63) is 54.1 Å². The Balaban J connectivity index is 1.47. The average molecular weight is 417 g/mol. The zero-order valence-corrected chi connectivity index (χ0v) is 19.7. The van der Waals surface area contributed by atoms with E-state index in [9.17, 15) is 0 Å². The van der Waals surface area contributed by atoms with E-state index >= 15 is 0 Å². The van der Waals surface area contributed by atoms with E-state index in [1.165, 1.54) is 75.3 Å². The fraction of sp³-hybridized carbons (Fsp3) is 0.533. The topological polar surface area (TPSA) is 9.23 Å². The molecule has 1 aliphatic carbocycles. The van der Waals surface area contributed by atoms with Crippen molar-refractivity contribution in [2.24, 2.45) is 11.8 Å². The Bertz CT molecular complexity index is 798. The summed E-state index contributed by atoms with van der Waals surface area (Å²) in [7, 11) is 0. The second-order valence-corrected chi connectivity index (χ2v) is 9.14. The van der Waals surface area contributed by atoms with Crippen LogP contribution in [0.2, 0.25) is 0 Å². The maximum atomic E-state index is 5.86. The van der Waals surface area contributed by atoms with E-state index in [0.717, 1.165) is 30.3 Å². The maximum Gasteiger partial charge on any atom is 0.119 e. The number of ether oxygens (including phenoxy) is 1.